The van der Waals surface area contributed by atoms with Crippen molar-refractivity contribution in [2.75, 3.05) is 0 Å². The highest BCUT2D eigenvalue weighted by atomic mass is 32.1. The molecule has 0 bridgehead atoms. The maximum absolute atomic E-state index is 10.8. The lowest BCUT2D eigenvalue weighted by molar-refractivity contribution is 0.102. The Labute approximate surface area is 69.1 Å². The first kappa shape index (κ1) is 7.96. The van der Waals surface area contributed by atoms with Gasteiger partial charge in [0.05, 0.1) is 4.88 Å². The molecular weight excluding hydrogens is 158 g/mol. The van der Waals surface area contributed by atoms with Gasteiger partial charge in [0, 0.05) is 0 Å². The highest BCUT2D eigenvalue weighted by Gasteiger charge is 2.07. The number of nitrogens with zero attached hydrogens (tertiary/aromatic N) is 1. The van der Waals surface area contributed by atoms with Crippen LogP contribution in [0.2, 0.25) is 0 Å². The molecular formula is C8H7NOS. The van der Waals surface area contributed by atoms with Crippen molar-refractivity contribution in [1.29, 1.82) is 5.26 Å². The fourth-order valence-electron chi connectivity index (χ4n) is 0.767. The monoisotopic (exact) mass is 165 g/mol. The Balaban J connectivity index is 3.18. The first-order valence-corrected chi connectivity index (χ1v) is 3.98. The lowest BCUT2D eigenvalue weighted by atomic mass is 10.2. The molecule has 0 saturated carbocycles. The number of carbonyl (C=O) groups excluding carboxylic acids is 1. The van der Waals surface area contributed by atoms with E-state index >= 15 is 0 Å². The highest BCUT2D eigenvalue weighted by Crippen LogP contribution is 2.20. The second kappa shape index (κ2) is 2.85. The van der Waals surface area contributed by atoms with Gasteiger partial charge in [-0.05, 0) is 25.5 Å². The summed E-state index contributed by atoms with van der Waals surface area (Å²) in [5.41, 5.74) is 0.891. The predicted octanol–water partition coefficient (Wildman–Crippen LogP) is 2.13. The van der Waals surface area contributed by atoms with Crippen LogP contribution in [0.4, 0.5) is 0 Å². The van der Waals surface area contributed by atoms with Crippen LogP contribution in [0.25, 0.3) is 0 Å². The quantitative estimate of drug-likeness (QED) is 0.598. The van der Waals surface area contributed by atoms with Crippen LogP contribution >= 0.6 is 11.3 Å². The molecule has 0 amide bonds. The molecule has 0 fully saturated rings. The van der Waals surface area contributed by atoms with Crippen molar-refractivity contribution in [1.82, 2.24) is 0 Å². The fourth-order valence-corrected chi connectivity index (χ4v) is 1.63. The number of hydrogen-bond acceptors (Lipinski definition) is 3. The molecule has 0 spiro atoms. The lowest BCUT2D eigenvalue weighted by Gasteiger charge is -1.80. The van der Waals surface area contributed by atoms with Crippen molar-refractivity contribution in [3.63, 3.8) is 0 Å². The van der Waals surface area contributed by atoms with E-state index < -0.39 is 0 Å². The third kappa shape index (κ3) is 1.47. The minimum atomic E-state index is 0.0274. The second-order valence-corrected chi connectivity index (χ2v) is 3.34. The van der Waals surface area contributed by atoms with Crippen molar-refractivity contribution in [3.05, 3.63) is 21.4 Å². The standard InChI is InChI=1S/C8H7NOS/c1-5-3-7(6(2)10)11-8(5)4-9/h3H,1-2H3. The third-order valence-electron chi connectivity index (χ3n) is 1.37. The molecule has 3 heteroatoms. The summed E-state index contributed by atoms with van der Waals surface area (Å²) in [4.78, 5) is 12.1. The number of ketones is 1. The Morgan fingerprint density at radius 3 is 2.64 bits per heavy atom. The van der Waals surface area contributed by atoms with E-state index in [1.807, 2.05) is 13.0 Å². The van der Waals surface area contributed by atoms with Gasteiger partial charge in [-0.3, -0.25) is 4.79 Å². The van der Waals surface area contributed by atoms with E-state index in [9.17, 15) is 4.79 Å². The van der Waals surface area contributed by atoms with Gasteiger partial charge in [0.1, 0.15) is 10.9 Å². The van der Waals surface area contributed by atoms with Crippen molar-refractivity contribution in [3.8, 4) is 6.07 Å². The van der Waals surface area contributed by atoms with Crippen LogP contribution in [0, 0.1) is 18.3 Å². The number of rotatable bonds is 1. The molecule has 0 aliphatic carbocycles. The molecule has 11 heavy (non-hydrogen) atoms. The molecule has 0 atom stereocenters. The summed E-state index contributed by atoms with van der Waals surface area (Å²) >= 11 is 1.26. The summed E-state index contributed by atoms with van der Waals surface area (Å²) in [6, 6.07) is 3.79. The van der Waals surface area contributed by atoms with Gasteiger partial charge in [-0.15, -0.1) is 11.3 Å². The van der Waals surface area contributed by atoms with E-state index in [2.05, 4.69) is 0 Å². The van der Waals surface area contributed by atoms with Gasteiger partial charge in [-0.1, -0.05) is 0 Å². The summed E-state index contributed by atoms with van der Waals surface area (Å²) < 4.78 is 0. The number of nitriles is 1. The van der Waals surface area contributed by atoms with Gasteiger partial charge < -0.3 is 0 Å². The molecule has 0 radical (unpaired) electrons. The molecule has 0 aliphatic rings. The van der Waals surface area contributed by atoms with Crippen molar-refractivity contribution >= 4 is 17.1 Å². The summed E-state index contributed by atoms with van der Waals surface area (Å²) in [7, 11) is 0. The van der Waals surface area contributed by atoms with Crippen LogP contribution in [-0.2, 0) is 0 Å². The first-order chi connectivity index (χ1) is 5.15. The number of aryl methyl sites for hydroxylation is 1. The minimum absolute atomic E-state index is 0.0274. The molecule has 0 unspecified atom stereocenters. The third-order valence-corrected chi connectivity index (χ3v) is 2.61. The smallest absolute Gasteiger partial charge is 0.169 e. The number of Topliss-reactive ketones (excluding diaryl/α,β-unsaturated/α-hetero) is 1. The second-order valence-electron chi connectivity index (χ2n) is 2.29. The highest BCUT2D eigenvalue weighted by molar-refractivity contribution is 7.14. The zero-order chi connectivity index (χ0) is 8.43. The molecule has 0 N–H and O–H groups in total. The van der Waals surface area contributed by atoms with Crippen LogP contribution in [0.3, 0.4) is 0 Å². The van der Waals surface area contributed by atoms with E-state index in [1.165, 1.54) is 18.3 Å². The molecule has 1 heterocycles. The summed E-state index contributed by atoms with van der Waals surface area (Å²) in [5.74, 6) is 0.0274. The Morgan fingerprint density at radius 2 is 2.36 bits per heavy atom. The zero-order valence-electron chi connectivity index (χ0n) is 6.34. The Kier molecular flexibility index (Phi) is 2.06. The Hall–Kier alpha value is -1.14. The van der Waals surface area contributed by atoms with Crippen molar-refractivity contribution in [2.24, 2.45) is 0 Å². The van der Waals surface area contributed by atoms with Crippen molar-refractivity contribution in [2.45, 2.75) is 13.8 Å². The molecule has 1 aromatic rings. The molecule has 56 valence electrons. The maximum Gasteiger partial charge on any atom is 0.169 e. The summed E-state index contributed by atoms with van der Waals surface area (Å²) in [5, 5.41) is 8.56. The Morgan fingerprint density at radius 1 is 1.73 bits per heavy atom. The van der Waals surface area contributed by atoms with E-state index in [-0.39, 0.29) is 5.78 Å². The van der Waals surface area contributed by atoms with E-state index in [4.69, 9.17) is 5.26 Å². The van der Waals surface area contributed by atoms with Gasteiger partial charge in [-0.25, -0.2) is 0 Å². The van der Waals surface area contributed by atoms with Crippen LogP contribution in [0.5, 0.6) is 0 Å². The minimum Gasteiger partial charge on any atom is -0.294 e. The van der Waals surface area contributed by atoms with Gasteiger partial charge in [0.2, 0.25) is 0 Å². The molecule has 0 aliphatic heterocycles. The van der Waals surface area contributed by atoms with Gasteiger partial charge in [0.15, 0.2) is 5.78 Å². The van der Waals surface area contributed by atoms with E-state index in [0.717, 1.165) is 5.56 Å². The zero-order valence-corrected chi connectivity index (χ0v) is 7.16. The maximum atomic E-state index is 10.8. The topological polar surface area (TPSA) is 40.9 Å². The van der Waals surface area contributed by atoms with Crippen LogP contribution in [0.15, 0.2) is 6.07 Å². The summed E-state index contributed by atoms with van der Waals surface area (Å²) in [6.45, 7) is 3.34. The van der Waals surface area contributed by atoms with Crippen molar-refractivity contribution < 1.29 is 4.79 Å². The molecule has 0 aromatic carbocycles. The molecule has 1 rings (SSSR count). The fraction of sp³-hybridized carbons (Fsp3) is 0.250. The number of carbonyl (C=O) groups is 1. The lowest BCUT2D eigenvalue weighted by Crippen LogP contribution is -1.83. The largest absolute Gasteiger partial charge is 0.294 e. The Bertz CT molecular complexity index is 332. The average Bonchev–Trinajstić information content (AvgIpc) is 2.31. The van der Waals surface area contributed by atoms with Crippen LogP contribution in [-0.4, -0.2) is 5.78 Å². The summed E-state index contributed by atoms with van der Waals surface area (Å²) in [6.07, 6.45) is 0. The molecule has 2 nitrogen and oxygen atoms in total. The average molecular weight is 165 g/mol. The van der Waals surface area contributed by atoms with E-state index in [0.29, 0.717) is 9.75 Å². The normalized spacial score (nSPS) is 9.18. The molecule has 1 aromatic heterocycles. The van der Waals surface area contributed by atoms with Gasteiger partial charge in [-0.2, -0.15) is 5.26 Å². The SMILES string of the molecule is CC(=O)c1cc(C)c(C#N)s1. The predicted molar refractivity (Wildman–Crippen MR) is 43.8 cm³/mol. The van der Waals surface area contributed by atoms with Crippen LogP contribution < -0.4 is 0 Å². The van der Waals surface area contributed by atoms with Crippen LogP contribution in [0.1, 0.15) is 27.0 Å². The molecule has 0 saturated heterocycles. The van der Waals surface area contributed by atoms with Gasteiger partial charge in [0.25, 0.3) is 0 Å². The number of hydrogen-bond donors (Lipinski definition) is 0. The first-order valence-electron chi connectivity index (χ1n) is 3.16. The van der Waals surface area contributed by atoms with E-state index in [1.54, 1.807) is 6.07 Å². The van der Waals surface area contributed by atoms with Gasteiger partial charge >= 0.3 is 0 Å². The number of thiophene rings is 1.